The van der Waals surface area contributed by atoms with Crippen LogP contribution in [0.15, 0.2) is 30.3 Å². The molecule has 0 bridgehead atoms. The number of nitrogens with zero attached hydrogens (tertiary/aromatic N) is 1. The second kappa shape index (κ2) is 4.71. The van der Waals surface area contributed by atoms with Gasteiger partial charge < -0.3 is 5.11 Å². The smallest absolute Gasteiger partial charge is 0.101 e. The fourth-order valence-electron chi connectivity index (χ4n) is 0.757. The molecule has 0 aliphatic carbocycles. The maximum atomic E-state index is 9.15. The van der Waals surface area contributed by atoms with E-state index in [1.807, 2.05) is 6.07 Å². The SMILES string of the molecule is OCCON(O)c1ccccc1. The molecule has 0 spiro atoms. The normalized spacial score (nSPS) is 9.83. The van der Waals surface area contributed by atoms with Crippen LogP contribution in [0.1, 0.15) is 0 Å². The van der Waals surface area contributed by atoms with E-state index in [0.29, 0.717) is 10.9 Å². The van der Waals surface area contributed by atoms with Gasteiger partial charge in [-0.25, -0.2) is 4.84 Å². The first-order valence-corrected chi connectivity index (χ1v) is 3.62. The van der Waals surface area contributed by atoms with Crippen molar-refractivity contribution in [1.29, 1.82) is 0 Å². The van der Waals surface area contributed by atoms with Crippen molar-refractivity contribution < 1.29 is 15.2 Å². The molecule has 0 heterocycles. The van der Waals surface area contributed by atoms with E-state index >= 15 is 0 Å². The van der Waals surface area contributed by atoms with Gasteiger partial charge in [0.2, 0.25) is 0 Å². The van der Waals surface area contributed by atoms with Gasteiger partial charge in [0, 0.05) is 0 Å². The van der Waals surface area contributed by atoms with Crippen LogP contribution >= 0.6 is 0 Å². The largest absolute Gasteiger partial charge is 0.394 e. The molecule has 0 aliphatic rings. The van der Waals surface area contributed by atoms with Crippen LogP contribution < -0.4 is 5.23 Å². The predicted molar refractivity (Wildman–Crippen MR) is 43.7 cm³/mol. The first-order valence-electron chi connectivity index (χ1n) is 3.62. The third-order valence-corrected chi connectivity index (χ3v) is 1.28. The van der Waals surface area contributed by atoms with Gasteiger partial charge in [-0.05, 0) is 12.1 Å². The van der Waals surface area contributed by atoms with Crippen LogP contribution in [0.4, 0.5) is 5.69 Å². The molecule has 2 N–H and O–H groups in total. The second-order valence-corrected chi connectivity index (χ2v) is 2.17. The van der Waals surface area contributed by atoms with Crippen LogP contribution in [-0.4, -0.2) is 23.5 Å². The number of aliphatic hydroxyl groups excluding tert-OH is 1. The Hall–Kier alpha value is -1.10. The molecule has 0 unspecified atom stereocenters. The highest BCUT2D eigenvalue weighted by molar-refractivity contribution is 5.40. The number of aliphatic hydroxyl groups is 1. The van der Waals surface area contributed by atoms with Crippen LogP contribution in [0.3, 0.4) is 0 Å². The summed E-state index contributed by atoms with van der Waals surface area (Å²) in [6.07, 6.45) is 0. The van der Waals surface area contributed by atoms with Gasteiger partial charge in [0.05, 0.1) is 12.3 Å². The van der Waals surface area contributed by atoms with Crippen LogP contribution in [-0.2, 0) is 4.84 Å². The Bertz CT molecular complexity index is 215. The average molecular weight is 169 g/mol. The molecule has 0 aliphatic heterocycles. The molecular formula is C8H11NO3. The van der Waals surface area contributed by atoms with Gasteiger partial charge >= 0.3 is 0 Å². The van der Waals surface area contributed by atoms with E-state index in [1.165, 1.54) is 0 Å². The Morgan fingerprint density at radius 1 is 1.25 bits per heavy atom. The van der Waals surface area contributed by atoms with Crippen molar-refractivity contribution in [1.82, 2.24) is 0 Å². The van der Waals surface area contributed by atoms with E-state index in [-0.39, 0.29) is 13.2 Å². The summed E-state index contributed by atoms with van der Waals surface area (Å²) in [6, 6.07) is 8.78. The lowest BCUT2D eigenvalue weighted by molar-refractivity contribution is -0.0521. The third-order valence-electron chi connectivity index (χ3n) is 1.28. The summed E-state index contributed by atoms with van der Waals surface area (Å²) >= 11 is 0. The van der Waals surface area contributed by atoms with E-state index in [2.05, 4.69) is 0 Å². The van der Waals surface area contributed by atoms with Crippen molar-refractivity contribution >= 4 is 5.69 Å². The minimum atomic E-state index is -0.121. The van der Waals surface area contributed by atoms with Gasteiger partial charge in [0.15, 0.2) is 0 Å². The Balaban J connectivity index is 2.48. The summed E-state index contributed by atoms with van der Waals surface area (Å²) in [5, 5.41) is 18.2. The lowest BCUT2D eigenvalue weighted by Gasteiger charge is -2.14. The molecule has 0 saturated heterocycles. The van der Waals surface area contributed by atoms with Crippen molar-refractivity contribution in [2.45, 2.75) is 0 Å². The highest BCUT2D eigenvalue weighted by atomic mass is 16.9. The van der Waals surface area contributed by atoms with Crippen molar-refractivity contribution in [3.8, 4) is 0 Å². The van der Waals surface area contributed by atoms with E-state index in [0.717, 1.165) is 0 Å². The molecule has 0 fully saturated rings. The average Bonchev–Trinajstić information content (AvgIpc) is 2.15. The molecule has 1 aromatic rings. The lowest BCUT2D eigenvalue weighted by Crippen LogP contribution is -2.20. The molecule has 0 aromatic heterocycles. The molecule has 1 rings (SSSR count). The van der Waals surface area contributed by atoms with E-state index in [4.69, 9.17) is 15.2 Å². The number of para-hydroxylation sites is 1. The van der Waals surface area contributed by atoms with Crippen molar-refractivity contribution in [2.75, 3.05) is 18.4 Å². The maximum Gasteiger partial charge on any atom is 0.101 e. The highest BCUT2D eigenvalue weighted by Gasteiger charge is 2.00. The van der Waals surface area contributed by atoms with Gasteiger partial charge in [-0.2, -0.15) is 0 Å². The first kappa shape index (κ1) is 8.99. The van der Waals surface area contributed by atoms with Crippen LogP contribution in [0, 0.1) is 0 Å². The Morgan fingerprint density at radius 3 is 2.50 bits per heavy atom. The molecule has 4 nitrogen and oxygen atoms in total. The third kappa shape index (κ3) is 2.50. The Morgan fingerprint density at radius 2 is 1.92 bits per heavy atom. The van der Waals surface area contributed by atoms with Gasteiger partial charge in [-0.1, -0.05) is 18.2 Å². The summed E-state index contributed by atoms with van der Waals surface area (Å²) < 4.78 is 0. The summed E-state index contributed by atoms with van der Waals surface area (Å²) in [7, 11) is 0. The molecule has 0 radical (unpaired) electrons. The Labute approximate surface area is 70.5 Å². The molecule has 12 heavy (non-hydrogen) atoms. The Kier molecular flexibility index (Phi) is 3.53. The van der Waals surface area contributed by atoms with Crippen molar-refractivity contribution in [3.63, 3.8) is 0 Å². The van der Waals surface area contributed by atoms with Gasteiger partial charge in [-0.3, -0.25) is 5.21 Å². The van der Waals surface area contributed by atoms with E-state index < -0.39 is 0 Å². The molecule has 66 valence electrons. The van der Waals surface area contributed by atoms with E-state index in [9.17, 15) is 0 Å². The zero-order valence-electron chi connectivity index (χ0n) is 6.55. The minimum Gasteiger partial charge on any atom is -0.394 e. The summed E-state index contributed by atoms with van der Waals surface area (Å²) in [6.45, 7) is -0.0463. The fourth-order valence-corrected chi connectivity index (χ4v) is 0.757. The second-order valence-electron chi connectivity index (χ2n) is 2.17. The lowest BCUT2D eigenvalue weighted by atomic mass is 10.3. The van der Waals surface area contributed by atoms with Crippen molar-refractivity contribution in [2.24, 2.45) is 0 Å². The molecular weight excluding hydrogens is 158 g/mol. The van der Waals surface area contributed by atoms with Crippen LogP contribution in [0.5, 0.6) is 0 Å². The molecule has 0 saturated carbocycles. The first-order chi connectivity index (χ1) is 5.84. The standard InChI is InChI=1S/C8H11NO3/c10-6-7-12-9(11)8-4-2-1-3-5-8/h1-5,10-11H,6-7H2. The van der Waals surface area contributed by atoms with Crippen LogP contribution in [0.25, 0.3) is 0 Å². The quantitative estimate of drug-likeness (QED) is 0.655. The van der Waals surface area contributed by atoms with Gasteiger partial charge in [-0.15, -0.1) is 5.23 Å². The van der Waals surface area contributed by atoms with Gasteiger partial charge in [0.25, 0.3) is 0 Å². The molecule has 0 atom stereocenters. The minimum absolute atomic E-state index is 0.0748. The van der Waals surface area contributed by atoms with Gasteiger partial charge in [0.1, 0.15) is 6.61 Å². The molecule has 1 aromatic carbocycles. The zero-order valence-corrected chi connectivity index (χ0v) is 6.55. The maximum absolute atomic E-state index is 9.15. The molecule has 0 amide bonds. The fraction of sp³-hybridized carbons (Fsp3) is 0.250. The number of benzene rings is 1. The molecule has 4 heteroatoms. The van der Waals surface area contributed by atoms with Crippen LogP contribution in [0.2, 0.25) is 0 Å². The topological polar surface area (TPSA) is 52.9 Å². The van der Waals surface area contributed by atoms with E-state index in [1.54, 1.807) is 24.3 Å². The highest BCUT2D eigenvalue weighted by Crippen LogP contribution is 2.10. The predicted octanol–water partition coefficient (Wildman–Crippen LogP) is 0.806. The number of hydrogen-bond acceptors (Lipinski definition) is 4. The zero-order chi connectivity index (χ0) is 8.81. The summed E-state index contributed by atoms with van der Waals surface area (Å²) in [4.78, 5) is 4.72. The number of hydrogen-bond donors (Lipinski definition) is 2. The summed E-state index contributed by atoms with van der Waals surface area (Å²) in [5.74, 6) is 0. The monoisotopic (exact) mass is 169 g/mol. The summed E-state index contributed by atoms with van der Waals surface area (Å²) in [5.41, 5.74) is 0.533. The number of rotatable bonds is 4. The van der Waals surface area contributed by atoms with Crippen molar-refractivity contribution in [3.05, 3.63) is 30.3 Å². The number of anilines is 1.